The molecule has 3 amide bonds. The summed E-state index contributed by atoms with van der Waals surface area (Å²) in [4.78, 5) is 47.3. The Kier molecular flexibility index (Phi) is 8.45. The molecule has 3 saturated heterocycles. The Morgan fingerprint density at radius 1 is 0.864 bits per heavy atom. The Balaban J connectivity index is 1.03. The molecule has 2 aromatic heterocycles. The molecular formula is C34H42N6O3S. The van der Waals surface area contributed by atoms with E-state index >= 15 is 0 Å². The highest BCUT2D eigenvalue weighted by atomic mass is 32.1. The summed E-state index contributed by atoms with van der Waals surface area (Å²) in [6, 6.07) is 15.2. The van der Waals surface area contributed by atoms with Crippen LogP contribution in [0.1, 0.15) is 50.1 Å². The number of piperidine rings is 3. The van der Waals surface area contributed by atoms with E-state index in [1.165, 1.54) is 17.5 Å². The summed E-state index contributed by atoms with van der Waals surface area (Å²) < 4.78 is 3.03. The number of aromatic amines is 1. The predicted molar refractivity (Wildman–Crippen MR) is 175 cm³/mol. The van der Waals surface area contributed by atoms with Gasteiger partial charge in [0.25, 0.3) is 0 Å². The van der Waals surface area contributed by atoms with Gasteiger partial charge in [-0.15, -0.1) is 11.3 Å². The maximum Gasteiger partial charge on any atom is 0.326 e. The highest BCUT2D eigenvalue weighted by Crippen LogP contribution is 2.32. The second-order valence-electron chi connectivity index (χ2n) is 12.7. The van der Waals surface area contributed by atoms with Gasteiger partial charge in [-0.05, 0) is 98.0 Å². The van der Waals surface area contributed by atoms with Crippen LogP contribution in [-0.2, 0) is 11.2 Å². The number of carbonyl (C=O) groups is 2. The van der Waals surface area contributed by atoms with Crippen LogP contribution < -0.4 is 16.3 Å². The summed E-state index contributed by atoms with van der Waals surface area (Å²) in [7, 11) is 0. The van der Waals surface area contributed by atoms with Gasteiger partial charge in [0.1, 0.15) is 6.04 Å². The van der Waals surface area contributed by atoms with Crippen LogP contribution in [0.5, 0.6) is 0 Å². The Morgan fingerprint density at radius 3 is 2.34 bits per heavy atom. The van der Waals surface area contributed by atoms with E-state index in [1.807, 2.05) is 50.8 Å². The van der Waals surface area contributed by atoms with E-state index in [0.29, 0.717) is 38.3 Å². The fraction of sp³-hybridized carbons (Fsp3) is 0.500. The van der Waals surface area contributed by atoms with E-state index in [-0.39, 0.29) is 23.7 Å². The number of benzene rings is 2. The number of fused-ring (bicyclic) bond motifs is 2. The van der Waals surface area contributed by atoms with E-state index < -0.39 is 6.04 Å². The van der Waals surface area contributed by atoms with Gasteiger partial charge in [-0.25, -0.2) is 9.59 Å². The monoisotopic (exact) mass is 614 g/mol. The first-order valence-electron chi connectivity index (χ1n) is 16.2. The van der Waals surface area contributed by atoms with Gasteiger partial charge in [-0.1, -0.05) is 30.3 Å². The molecule has 44 heavy (non-hydrogen) atoms. The van der Waals surface area contributed by atoms with Gasteiger partial charge in [-0.3, -0.25) is 9.36 Å². The minimum Gasteiger partial charge on any atom is -0.341 e. The normalized spacial score (nSPS) is 19.9. The summed E-state index contributed by atoms with van der Waals surface area (Å²) in [5.74, 6) is 1.46. The number of hydrogen-bond donors (Lipinski definition) is 3. The molecule has 0 spiro atoms. The van der Waals surface area contributed by atoms with Crippen LogP contribution in [0.25, 0.3) is 21.1 Å². The predicted octanol–water partition coefficient (Wildman–Crippen LogP) is 4.74. The van der Waals surface area contributed by atoms with Gasteiger partial charge in [-0.2, -0.15) is 0 Å². The number of imidazole rings is 1. The number of rotatable bonds is 6. The quantitative estimate of drug-likeness (QED) is 0.292. The number of H-pyrrole nitrogens is 1. The van der Waals surface area contributed by atoms with Gasteiger partial charge >= 0.3 is 11.7 Å². The van der Waals surface area contributed by atoms with Crippen LogP contribution in [0.15, 0.2) is 58.7 Å². The van der Waals surface area contributed by atoms with Crippen LogP contribution in [-0.4, -0.2) is 76.6 Å². The first-order chi connectivity index (χ1) is 21.5. The number of carbonyl (C=O) groups excluding carboxylic acids is 2. The van der Waals surface area contributed by atoms with Crippen molar-refractivity contribution >= 4 is 44.4 Å². The SMILES string of the molecule is O=C(N[C@H](Cc1csc2ccccc12)C(=O)N1CCC(C2CCNCC2)CC1)N1CCC(n2c(=O)[nH]c3ccccc32)CC1. The van der Waals surface area contributed by atoms with E-state index in [4.69, 9.17) is 0 Å². The molecule has 3 aliphatic rings. The van der Waals surface area contributed by atoms with Crippen molar-refractivity contribution in [2.24, 2.45) is 11.8 Å². The van der Waals surface area contributed by atoms with Crippen molar-refractivity contribution in [2.75, 3.05) is 39.3 Å². The molecule has 3 N–H and O–H groups in total. The zero-order valence-electron chi connectivity index (χ0n) is 25.2. The van der Waals surface area contributed by atoms with Gasteiger partial charge in [0.15, 0.2) is 0 Å². The lowest BCUT2D eigenvalue weighted by molar-refractivity contribution is -0.135. The maximum absolute atomic E-state index is 14.1. The number of aromatic nitrogens is 2. The lowest BCUT2D eigenvalue weighted by Gasteiger charge is -2.39. The minimum atomic E-state index is -0.620. The average Bonchev–Trinajstić information content (AvgIpc) is 3.64. The molecule has 0 bridgehead atoms. The van der Waals surface area contributed by atoms with Crippen molar-refractivity contribution in [2.45, 2.75) is 57.0 Å². The Hall–Kier alpha value is -3.63. The molecule has 10 heteroatoms. The van der Waals surface area contributed by atoms with E-state index in [0.717, 1.165) is 66.9 Å². The standard InChI is InChI=1S/C34H42N6O3S/c41-32(38-17-11-24(12-18-38)23-9-15-35-16-10-23)29(21-25-22-44-31-8-4-1-5-27(25)31)37-33(42)39-19-13-26(14-20-39)40-30-7-3-2-6-28(30)36-34(40)43/h1-8,22-24,26,29,35H,9-21H2,(H,36,43)(H,37,42)/t29-/m1/s1. The van der Waals surface area contributed by atoms with Crippen molar-refractivity contribution in [3.8, 4) is 0 Å². The summed E-state index contributed by atoms with van der Waals surface area (Å²) in [6.45, 7) is 4.78. The summed E-state index contributed by atoms with van der Waals surface area (Å²) >= 11 is 1.68. The summed E-state index contributed by atoms with van der Waals surface area (Å²) in [6.07, 6.45) is 6.39. The molecule has 0 radical (unpaired) electrons. The van der Waals surface area contributed by atoms with Crippen LogP contribution in [0.4, 0.5) is 4.79 Å². The molecule has 5 heterocycles. The van der Waals surface area contributed by atoms with Gasteiger partial charge in [0.05, 0.1) is 11.0 Å². The minimum absolute atomic E-state index is 0.0256. The number of urea groups is 1. The van der Waals surface area contributed by atoms with Crippen LogP contribution in [0.2, 0.25) is 0 Å². The highest BCUT2D eigenvalue weighted by molar-refractivity contribution is 7.17. The number of nitrogens with zero attached hydrogens (tertiary/aromatic N) is 3. The third-order valence-electron chi connectivity index (χ3n) is 10.2. The fourth-order valence-corrected chi connectivity index (χ4v) is 8.72. The molecule has 3 aliphatic heterocycles. The van der Waals surface area contributed by atoms with E-state index in [9.17, 15) is 14.4 Å². The topological polar surface area (TPSA) is 102 Å². The Morgan fingerprint density at radius 2 is 1.55 bits per heavy atom. The molecule has 0 saturated carbocycles. The van der Waals surface area contributed by atoms with Crippen LogP contribution in [0, 0.1) is 11.8 Å². The Labute approximate surface area is 261 Å². The molecule has 0 aliphatic carbocycles. The number of hydrogen-bond acceptors (Lipinski definition) is 5. The van der Waals surface area contributed by atoms with Gasteiger partial charge in [0.2, 0.25) is 5.91 Å². The summed E-state index contributed by atoms with van der Waals surface area (Å²) in [5, 5.41) is 9.92. The Bertz CT molecular complexity index is 1670. The number of para-hydroxylation sites is 2. The molecule has 2 aromatic carbocycles. The molecule has 4 aromatic rings. The molecular weight excluding hydrogens is 572 g/mol. The third kappa shape index (κ3) is 5.89. The second kappa shape index (κ2) is 12.8. The van der Waals surface area contributed by atoms with Gasteiger partial charge < -0.3 is 25.4 Å². The number of thiophene rings is 1. The second-order valence-corrected chi connectivity index (χ2v) is 13.7. The molecule has 3 fully saturated rings. The summed E-state index contributed by atoms with van der Waals surface area (Å²) in [5.41, 5.74) is 2.73. The van der Waals surface area contributed by atoms with Crippen molar-refractivity contribution in [1.29, 1.82) is 0 Å². The fourth-order valence-electron chi connectivity index (χ4n) is 7.74. The third-order valence-corrected chi connectivity index (χ3v) is 11.2. The molecule has 0 unspecified atom stereocenters. The van der Waals surface area contributed by atoms with Crippen molar-refractivity contribution < 1.29 is 9.59 Å². The smallest absolute Gasteiger partial charge is 0.326 e. The molecule has 7 rings (SSSR count). The van der Waals surface area contributed by atoms with Crippen molar-refractivity contribution in [3.05, 3.63) is 70.0 Å². The first-order valence-corrected chi connectivity index (χ1v) is 17.1. The molecule has 1 atom stereocenters. The zero-order valence-corrected chi connectivity index (χ0v) is 26.0. The molecule has 9 nitrogen and oxygen atoms in total. The van der Waals surface area contributed by atoms with Crippen molar-refractivity contribution in [3.63, 3.8) is 0 Å². The number of amides is 3. The van der Waals surface area contributed by atoms with E-state index in [2.05, 4.69) is 33.1 Å². The first kappa shape index (κ1) is 29.1. The lowest BCUT2D eigenvalue weighted by Crippen LogP contribution is -2.55. The highest BCUT2D eigenvalue weighted by Gasteiger charge is 2.34. The van der Waals surface area contributed by atoms with Crippen LogP contribution in [0.3, 0.4) is 0 Å². The average molecular weight is 615 g/mol. The van der Waals surface area contributed by atoms with E-state index in [1.54, 1.807) is 11.3 Å². The molecule has 232 valence electrons. The van der Waals surface area contributed by atoms with Crippen molar-refractivity contribution in [1.82, 2.24) is 30.0 Å². The number of nitrogens with one attached hydrogen (secondary N) is 3. The zero-order chi connectivity index (χ0) is 30.0. The largest absolute Gasteiger partial charge is 0.341 e. The maximum atomic E-state index is 14.1. The lowest BCUT2D eigenvalue weighted by atomic mass is 9.79. The number of likely N-dealkylation sites (tertiary alicyclic amines) is 2. The van der Waals surface area contributed by atoms with Crippen LogP contribution >= 0.6 is 11.3 Å². The van der Waals surface area contributed by atoms with Gasteiger partial charge in [0, 0.05) is 43.3 Å².